The summed E-state index contributed by atoms with van der Waals surface area (Å²) < 4.78 is 5.53. The molecule has 2 N–H and O–H groups in total. The van der Waals surface area contributed by atoms with E-state index in [1.807, 2.05) is 43.3 Å². The Morgan fingerprint density at radius 1 is 1.22 bits per heavy atom. The summed E-state index contributed by atoms with van der Waals surface area (Å²) in [4.78, 5) is 22.5. The molecule has 136 valence electrons. The number of methoxy groups -OCH3 is 1. The van der Waals surface area contributed by atoms with Gasteiger partial charge >= 0.3 is 0 Å². The Hall–Kier alpha value is -3.41. The highest BCUT2D eigenvalue weighted by Crippen LogP contribution is 2.30. The first-order valence-corrected chi connectivity index (χ1v) is 8.72. The Labute approximate surface area is 156 Å². The van der Waals surface area contributed by atoms with Gasteiger partial charge in [-0.15, -0.1) is 0 Å². The van der Waals surface area contributed by atoms with Crippen LogP contribution in [0.5, 0.6) is 0 Å². The van der Waals surface area contributed by atoms with E-state index in [1.165, 1.54) is 0 Å². The second-order valence-corrected chi connectivity index (χ2v) is 6.60. The zero-order chi connectivity index (χ0) is 19.0. The van der Waals surface area contributed by atoms with Crippen molar-refractivity contribution in [1.82, 2.24) is 9.97 Å². The zero-order valence-corrected chi connectivity index (χ0v) is 15.5. The van der Waals surface area contributed by atoms with E-state index < -0.39 is 0 Å². The number of nitroso groups, excluding NO2 is 1. The number of aromatic amines is 2. The lowest BCUT2D eigenvalue weighted by Gasteiger charge is -2.01. The lowest BCUT2D eigenvalue weighted by molar-refractivity contribution is 0.303. The van der Waals surface area contributed by atoms with Crippen LogP contribution < -0.4 is 0 Å². The summed E-state index contributed by atoms with van der Waals surface area (Å²) in [5.74, 6) is 0.681. The second kappa shape index (κ2) is 6.72. The van der Waals surface area contributed by atoms with Gasteiger partial charge in [-0.1, -0.05) is 23.4 Å². The summed E-state index contributed by atoms with van der Waals surface area (Å²) in [5, 5.41) is 4.09. The number of aryl methyl sites for hydroxylation is 2. The van der Waals surface area contributed by atoms with Crippen LogP contribution in [-0.2, 0) is 11.3 Å². The molecular formula is C21H20N4O2. The first kappa shape index (κ1) is 17.0. The quantitative estimate of drug-likeness (QED) is 0.644. The molecule has 0 atom stereocenters. The molecule has 0 amide bonds. The minimum Gasteiger partial charge on any atom is -0.494 e. The summed E-state index contributed by atoms with van der Waals surface area (Å²) in [7, 11) is 1.63. The van der Waals surface area contributed by atoms with Crippen LogP contribution in [0.25, 0.3) is 17.0 Å². The van der Waals surface area contributed by atoms with Gasteiger partial charge in [-0.2, -0.15) is 4.91 Å². The fraction of sp³-hybridized carbons (Fsp3) is 0.190. The number of hydrogen-bond donors (Lipinski definition) is 2. The number of aromatic nitrogens is 2. The molecule has 3 heterocycles. The first-order valence-electron chi connectivity index (χ1n) is 8.72. The molecule has 27 heavy (non-hydrogen) atoms. The number of ether oxygens (including phenoxy) is 1. The standard InChI is InChI=1S/C21H20N4O2/c1-12-8-13(2)23-17(12)9-18-20(27-3)10-19(24-18)21-15(11-22-26)14-6-4-5-7-16(14)25-21/h4-10,23,25H,11H2,1-3H3/b18-9-. The van der Waals surface area contributed by atoms with Crippen LogP contribution in [0.15, 0.2) is 58.0 Å². The van der Waals surface area contributed by atoms with Gasteiger partial charge in [0.15, 0.2) is 0 Å². The fourth-order valence-corrected chi connectivity index (χ4v) is 3.49. The molecule has 6 nitrogen and oxygen atoms in total. The number of nitrogens with one attached hydrogen (secondary N) is 2. The lowest BCUT2D eigenvalue weighted by Crippen LogP contribution is -1.99. The first-order chi connectivity index (χ1) is 13.1. The molecule has 0 aliphatic carbocycles. The summed E-state index contributed by atoms with van der Waals surface area (Å²) in [6, 6.07) is 9.95. The van der Waals surface area contributed by atoms with E-state index in [0.29, 0.717) is 5.76 Å². The molecule has 0 unspecified atom stereocenters. The normalized spacial score (nSPS) is 15.3. The highest BCUT2D eigenvalue weighted by Gasteiger charge is 2.22. The van der Waals surface area contributed by atoms with Crippen molar-refractivity contribution in [3.05, 3.63) is 81.0 Å². The van der Waals surface area contributed by atoms with E-state index in [0.717, 1.165) is 50.5 Å². The van der Waals surface area contributed by atoms with Crippen LogP contribution in [0.3, 0.4) is 0 Å². The average molecular weight is 360 g/mol. The van der Waals surface area contributed by atoms with Gasteiger partial charge in [0.25, 0.3) is 0 Å². The molecule has 2 aromatic heterocycles. The van der Waals surface area contributed by atoms with Crippen molar-refractivity contribution in [2.24, 2.45) is 10.2 Å². The highest BCUT2D eigenvalue weighted by atomic mass is 16.5. The number of para-hydroxylation sites is 1. The SMILES string of the molecule is COC1=CC(c2[nH]c3ccccc3c2CN=O)=N/C1=C\c1[nH]c(C)cc1C. The smallest absolute Gasteiger partial charge is 0.146 e. The molecule has 0 bridgehead atoms. The maximum atomic E-state index is 11.0. The number of rotatable bonds is 5. The Balaban J connectivity index is 1.84. The number of aliphatic imine (C=N–C) groups is 1. The van der Waals surface area contributed by atoms with E-state index in [1.54, 1.807) is 7.11 Å². The predicted molar refractivity (Wildman–Crippen MR) is 108 cm³/mol. The lowest BCUT2D eigenvalue weighted by atomic mass is 10.1. The van der Waals surface area contributed by atoms with Crippen molar-refractivity contribution in [2.75, 3.05) is 7.11 Å². The maximum absolute atomic E-state index is 11.0. The highest BCUT2D eigenvalue weighted by molar-refractivity contribution is 6.14. The zero-order valence-electron chi connectivity index (χ0n) is 15.5. The largest absolute Gasteiger partial charge is 0.494 e. The van der Waals surface area contributed by atoms with Crippen LogP contribution >= 0.6 is 0 Å². The van der Waals surface area contributed by atoms with Gasteiger partial charge in [0.2, 0.25) is 0 Å². The minimum atomic E-state index is 0.0858. The van der Waals surface area contributed by atoms with Gasteiger partial charge in [-0.3, -0.25) is 0 Å². The third kappa shape index (κ3) is 2.99. The number of benzene rings is 1. The molecule has 4 rings (SSSR count). The van der Waals surface area contributed by atoms with Gasteiger partial charge in [0.1, 0.15) is 18.0 Å². The molecule has 1 aliphatic rings. The summed E-state index contributed by atoms with van der Waals surface area (Å²) in [6.45, 7) is 4.16. The van der Waals surface area contributed by atoms with Crippen molar-refractivity contribution in [3.8, 4) is 0 Å². The molecule has 0 fully saturated rings. The number of fused-ring (bicyclic) bond motifs is 1. The van der Waals surface area contributed by atoms with Gasteiger partial charge in [0, 0.05) is 33.9 Å². The van der Waals surface area contributed by atoms with Crippen molar-refractivity contribution in [1.29, 1.82) is 0 Å². The van der Waals surface area contributed by atoms with E-state index >= 15 is 0 Å². The molecule has 0 saturated heterocycles. The topological polar surface area (TPSA) is 82.6 Å². The van der Waals surface area contributed by atoms with Crippen LogP contribution in [0.4, 0.5) is 0 Å². The summed E-state index contributed by atoms with van der Waals surface area (Å²) >= 11 is 0. The van der Waals surface area contributed by atoms with Gasteiger partial charge in [-0.25, -0.2) is 4.99 Å². The van der Waals surface area contributed by atoms with E-state index in [2.05, 4.69) is 28.1 Å². The van der Waals surface area contributed by atoms with Crippen LogP contribution in [0.1, 0.15) is 28.2 Å². The van der Waals surface area contributed by atoms with Crippen molar-refractivity contribution < 1.29 is 4.74 Å². The average Bonchev–Trinajstić information content (AvgIpc) is 3.31. The van der Waals surface area contributed by atoms with Crippen LogP contribution in [0.2, 0.25) is 0 Å². The Bertz CT molecular complexity index is 1130. The molecule has 1 aliphatic heterocycles. The Morgan fingerprint density at radius 3 is 2.74 bits per heavy atom. The van der Waals surface area contributed by atoms with Gasteiger partial charge < -0.3 is 14.7 Å². The molecule has 6 heteroatoms. The van der Waals surface area contributed by atoms with Crippen molar-refractivity contribution in [2.45, 2.75) is 20.4 Å². The third-order valence-electron chi connectivity index (χ3n) is 4.74. The van der Waals surface area contributed by atoms with E-state index in [-0.39, 0.29) is 6.54 Å². The molecule has 1 aromatic carbocycles. The number of H-pyrrole nitrogens is 2. The van der Waals surface area contributed by atoms with Crippen LogP contribution in [-0.4, -0.2) is 22.8 Å². The minimum absolute atomic E-state index is 0.0858. The Morgan fingerprint density at radius 2 is 2.04 bits per heavy atom. The molecule has 0 radical (unpaired) electrons. The molecular weight excluding hydrogens is 340 g/mol. The van der Waals surface area contributed by atoms with Crippen molar-refractivity contribution >= 4 is 22.7 Å². The van der Waals surface area contributed by atoms with E-state index in [4.69, 9.17) is 9.73 Å². The summed E-state index contributed by atoms with van der Waals surface area (Å²) in [6.07, 6.45) is 3.86. The van der Waals surface area contributed by atoms with Crippen molar-refractivity contribution in [3.63, 3.8) is 0 Å². The fourth-order valence-electron chi connectivity index (χ4n) is 3.49. The van der Waals surface area contributed by atoms with Crippen LogP contribution in [0, 0.1) is 18.8 Å². The molecule has 3 aromatic rings. The monoisotopic (exact) mass is 360 g/mol. The molecule has 0 spiro atoms. The Kier molecular flexibility index (Phi) is 4.24. The second-order valence-electron chi connectivity index (χ2n) is 6.60. The number of allylic oxidation sites excluding steroid dienone is 1. The third-order valence-corrected chi connectivity index (χ3v) is 4.74. The van der Waals surface area contributed by atoms with E-state index in [9.17, 15) is 4.91 Å². The predicted octanol–water partition coefficient (Wildman–Crippen LogP) is 4.75. The number of hydrogen-bond acceptors (Lipinski definition) is 4. The summed E-state index contributed by atoms with van der Waals surface area (Å²) in [5.41, 5.74) is 7.31. The number of nitrogens with zero attached hydrogens (tertiary/aromatic N) is 2. The van der Waals surface area contributed by atoms with Gasteiger partial charge in [-0.05, 0) is 37.6 Å². The maximum Gasteiger partial charge on any atom is 0.146 e. The van der Waals surface area contributed by atoms with Gasteiger partial charge in [0.05, 0.1) is 18.5 Å². The molecule has 0 saturated carbocycles.